The maximum absolute atomic E-state index is 12.3. The summed E-state index contributed by atoms with van der Waals surface area (Å²) in [5, 5.41) is 3.09. The Morgan fingerprint density at radius 1 is 1.26 bits per heavy atom. The Balaban J connectivity index is 1.83. The number of halogens is 1. The van der Waals surface area contributed by atoms with Gasteiger partial charge in [-0.2, -0.15) is 0 Å². The van der Waals surface area contributed by atoms with Crippen molar-refractivity contribution in [2.24, 2.45) is 0 Å². The predicted octanol–water partition coefficient (Wildman–Crippen LogP) is 2.26. The number of amides is 2. The molecule has 1 aromatic heterocycles. The largest absolute Gasteiger partial charge is 0.444 e. The Hall–Kier alpha value is -1.89. The zero-order chi connectivity index (χ0) is 17.0. The van der Waals surface area contributed by atoms with Gasteiger partial charge >= 0.3 is 6.09 Å². The Kier molecular flexibility index (Phi) is 5.41. The third-order valence-electron chi connectivity index (χ3n) is 3.34. The lowest BCUT2D eigenvalue weighted by molar-refractivity contribution is 0.0473. The summed E-state index contributed by atoms with van der Waals surface area (Å²) in [6, 6.07) is 0.00482. The predicted molar refractivity (Wildman–Crippen MR) is 85.3 cm³/mol. The Bertz CT molecular complexity index is 563. The molecule has 1 saturated heterocycles. The van der Waals surface area contributed by atoms with Crippen molar-refractivity contribution in [2.45, 2.75) is 45.3 Å². The van der Waals surface area contributed by atoms with Gasteiger partial charge in [0.1, 0.15) is 16.4 Å². The molecule has 0 atom stereocenters. The first-order chi connectivity index (χ1) is 10.7. The number of piperidine rings is 1. The van der Waals surface area contributed by atoms with Crippen LogP contribution in [0.2, 0.25) is 5.15 Å². The van der Waals surface area contributed by atoms with Crippen molar-refractivity contribution in [1.29, 1.82) is 0 Å². The minimum Gasteiger partial charge on any atom is -0.444 e. The van der Waals surface area contributed by atoms with Crippen LogP contribution in [-0.2, 0) is 4.74 Å². The molecule has 2 heterocycles. The van der Waals surface area contributed by atoms with Crippen molar-refractivity contribution in [1.82, 2.24) is 20.2 Å². The van der Waals surface area contributed by atoms with Gasteiger partial charge < -0.3 is 15.0 Å². The number of carbonyl (C=O) groups excluding carboxylic acids is 2. The number of hydrogen-bond acceptors (Lipinski definition) is 5. The third kappa shape index (κ3) is 5.35. The van der Waals surface area contributed by atoms with Gasteiger partial charge in [-0.05, 0) is 33.6 Å². The van der Waals surface area contributed by atoms with Gasteiger partial charge in [0, 0.05) is 19.1 Å². The van der Waals surface area contributed by atoms with Crippen LogP contribution in [-0.4, -0.2) is 51.6 Å². The Morgan fingerprint density at radius 2 is 1.91 bits per heavy atom. The number of alkyl carbamates (subject to hydrolysis) is 1. The molecule has 0 spiro atoms. The van der Waals surface area contributed by atoms with Crippen LogP contribution in [0.5, 0.6) is 0 Å². The van der Waals surface area contributed by atoms with E-state index in [-0.39, 0.29) is 22.8 Å². The molecule has 0 aliphatic carbocycles. The van der Waals surface area contributed by atoms with Gasteiger partial charge in [-0.15, -0.1) is 0 Å². The SMILES string of the molecule is CC(C)(C)OC(=O)NC1CCN(C(=O)c2cnc(Cl)cn2)CC1. The maximum atomic E-state index is 12.3. The summed E-state index contributed by atoms with van der Waals surface area (Å²) in [5.74, 6) is -0.176. The number of nitrogens with zero attached hydrogens (tertiary/aromatic N) is 3. The van der Waals surface area contributed by atoms with Crippen LogP contribution in [0.15, 0.2) is 12.4 Å². The third-order valence-corrected chi connectivity index (χ3v) is 3.54. The summed E-state index contributed by atoms with van der Waals surface area (Å²) in [7, 11) is 0. The standard InChI is InChI=1S/C15H21ClN4O3/c1-15(2,3)23-14(22)19-10-4-6-20(7-5-10)13(21)11-8-18-12(16)9-17-11/h8-10H,4-7H2,1-3H3,(H,19,22). The lowest BCUT2D eigenvalue weighted by Gasteiger charge is -2.32. The molecule has 2 rings (SSSR count). The van der Waals surface area contributed by atoms with E-state index in [0.29, 0.717) is 25.9 Å². The average molecular weight is 341 g/mol. The highest BCUT2D eigenvalue weighted by Crippen LogP contribution is 2.14. The Labute approximate surface area is 140 Å². The number of nitrogens with one attached hydrogen (secondary N) is 1. The number of hydrogen-bond donors (Lipinski definition) is 1. The molecule has 23 heavy (non-hydrogen) atoms. The van der Waals surface area contributed by atoms with Gasteiger partial charge in [-0.25, -0.2) is 14.8 Å². The van der Waals surface area contributed by atoms with Crippen molar-refractivity contribution in [3.8, 4) is 0 Å². The van der Waals surface area contributed by atoms with Crippen LogP contribution in [0.3, 0.4) is 0 Å². The fraction of sp³-hybridized carbons (Fsp3) is 0.600. The van der Waals surface area contributed by atoms with Gasteiger partial charge in [-0.1, -0.05) is 11.6 Å². The summed E-state index contributed by atoms with van der Waals surface area (Å²) < 4.78 is 5.23. The molecule has 2 amide bonds. The molecule has 0 bridgehead atoms. The monoisotopic (exact) mass is 340 g/mol. The van der Waals surface area contributed by atoms with E-state index in [1.54, 1.807) is 4.90 Å². The second-order valence-electron chi connectivity index (χ2n) is 6.44. The van der Waals surface area contributed by atoms with E-state index >= 15 is 0 Å². The first kappa shape index (κ1) is 17.5. The van der Waals surface area contributed by atoms with Crippen molar-refractivity contribution >= 4 is 23.6 Å². The average Bonchev–Trinajstić information content (AvgIpc) is 2.46. The molecule has 1 aromatic rings. The summed E-state index contributed by atoms with van der Waals surface area (Å²) >= 11 is 5.66. The van der Waals surface area contributed by atoms with Gasteiger partial charge in [0.15, 0.2) is 0 Å². The smallest absolute Gasteiger partial charge is 0.407 e. The first-order valence-electron chi connectivity index (χ1n) is 7.51. The molecule has 126 valence electrons. The van der Waals surface area contributed by atoms with Crippen molar-refractivity contribution in [3.63, 3.8) is 0 Å². The lowest BCUT2D eigenvalue weighted by Crippen LogP contribution is -2.47. The minimum absolute atomic E-state index is 0.00482. The molecule has 8 heteroatoms. The van der Waals surface area contributed by atoms with Crippen molar-refractivity contribution in [3.05, 3.63) is 23.2 Å². The molecule has 0 unspecified atom stereocenters. The van der Waals surface area contributed by atoms with Crippen LogP contribution in [0.1, 0.15) is 44.1 Å². The summed E-state index contributed by atoms with van der Waals surface area (Å²) in [6.45, 7) is 6.55. The second kappa shape index (κ2) is 7.12. The number of ether oxygens (including phenoxy) is 1. The van der Waals surface area contributed by atoms with Gasteiger partial charge in [0.05, 0.1) is 12.4 Å². The molecule has 1 fully saturated rings. The quantitative estimate of drug-likeness (QED) is 0.892. The van der Waals surface area contributed by atoms with E-state index in [9.17, 15) is 9.59 Å². The highest BCUT2D eigenvalue weighted by molar-refractivity contribution is 6.29. The number of likely N-dealkylation sites (tertiary alicyclic amines) is 1. The molecule has 0 radical (unpaired) electrons. The van der Waals surface area contributed by atoms with Crippen LogP contribution in [0, 0.1) is 0 Å². The van der Waals surface area contributed by atoms with E-state index < -0.39 is 11.7 Å². The molecular formula is C15H21ClN4O3. The maximum Gasteiger partial charge on any atom is 0.407 e. The van der Waals surface area contributed by atoms with Crippen LogP contribution in [0.4, 0.5) is 4.79 Å². The zero-order valence-corrected chi connectivity index (χ0v) is 14.3. The highest BCUT2D eigenvalue weighted by atomic mass is 35.5. The molecule has 1 aliphatic heterocycles. The fourth-order valence-corrected chi connectivity index (χ4v) is 2.38. The normalized spacial score (nSPS) is 16.1. The molecule has 0 saturated carbocycles. The molecular weight excluding hydrogens is 320 g/mol. The molecule has 1 N–H and O–H groups in total. The highest BCUT2D eigenvalue weighted by Gasteiger charge is 2.26. The Morgan fingerprint density at radius 3 is 2.43 bits per heavy atom. The number of rotatable bonds is 2. The lowest BCUT2D eigenvalue weighted by atomic mass is 10.0. The van der Waals surface area contributed by atoms with Gasteiger partial charge in [0.2, 0.25) is 0 Å². The number of aromatic nitrogens is 2. The fourth-order valence-electron chi connectivity index (χ4n) is 2.29. The van der Waals surface area contributed by atoms with Crippen molar-refractivity contribution in [2.75, 3.05) is 13.1 Å². The summed E-state index contributed by atoms with van der Waals surface area (Å²) in [6.07, 6.45) is 3.64. The van der Waals surface area contributed by atoms with E-state index in [1.165, 1.54) is 12.4 Å². The minimum atomic E-state index is -0.520. The zero-order valence-electron chi connectivity index (χ0n) is 13.5. The van der Waals surface area contributed by atoms with Gasteiger partial charge in [-0.3, -0.25) is 4.79 Å². The molecule has 1 aliphatic rings. The second-order valence-corrected chi connectivity index (χ2v) is 6.82. The van der Waals surface area contributed by atoms with Crippen LogP contribution >= 0.6 is 11.6 Å². The topological polar surface area (TPSA) is 84.4 Å². The van der Waals surface area contributed by atoms with E-state index in [2.05, 4.69) is 15.3 Å². The number of carbonyl (C=O) groups is 2. The summed E-state index contributed by atoms with van der Waals surface area (Å²) in [4.78, 5) is 33.6. The van der Waals surface area contributed by atoms with E-state index in [1.807, 2.05) is 20.8 Å². The van der Waals surface area contributed by atoms with Gasteiger partial charge in [0.25, 0.3) is 5.91 Å². The van der Waals surface area contributed by atoms with E-state index in [4.69, 9.17) is 16.3 Å². The van der Waals surface area contributed by atoms with Crippen LogP contribution < -0.4 is 5.32 Å². The van der Waals surface area contributed by atoms with E-state index in [0.717, 1.165) is 0 Å². The molecule has 7 nitrogen and oxygen atoms in total. The van der Waals surface area contributed by atoms with Crippen LogP contribution in [0.25, 0.3) is 0 Å². The van der Waals surface area contributed by atoms with Crippen molar-refractivity contribution < 1.29 is 14.3 Å². The first-order valence-corrected chi connectivity index (χ1v) is 7.89. The summed E-state index contributed by atoms with van der Waals surface area (Å²) in [5.41, 5.74) is -0.249. The molecule has 0 aromatic carbocycles.